The highest BCUT2D eigenvalue weighted by atomic mass is 16.2. The van der Waals surface area contributed by atoms with Gasteiger partial charge in [0, 0.05) is 11.8 Å². The number of fused-ring (bicyclic) bond motifs is 3. The fraction of sp³-hybridized carbons (Fsp3) is 0.538. The van der Waals surface area contributed by atoms with Crippen molar-refractivity contribution in [1.82, 2.24) is 0 Å². The van der Waals surface area contributed by atoms with Gasteiger partial charge in [-0.2, -0.15) is 0 Å². The molecule has 2 saturated carbocycles. The van der Waals surface area contributed by atoms with Crippen LogP contribution in [-0.2, 0) is 9.59 Å². The van der Waals surface area contributed by atoms with Crippen LogP contribution >= 0.6 is 0 Å². The number of hydrogen-bond acceptors (Lipinski definition) is 2. The lowest BCUT2D eigenvalue weighted by Crippen LogP contribution is -2.50. The second kappa shape index (κ2) is 2.31. The van der Waals surface area contributed by atoms with Crippen LogP contribution in [0.2, 0.25) is 0 Å². The Kier molecular flexibility index (Phi) is 1.24. The lowest BCUT2D eigenvalue weighted by Gasteiger charge is -2.43. The van der Waals surface area contributed by atoms with E-state index < -0.39 is 0 Å². The SMILES string of the molecule is O=C1C(=O)[C@@H]2C=C[C@H]1[C@H]1[C@@H]2[C@@H]2C=C[C@H]1C2. The molecule has 4 bridgehead atoms. The quantitative estimate of drug-likeness (QED) is 0.437. The second-order valence-electron chi connectivity index (χ2n) is 5.27. The van der Waals surface area contributed by atoms with Crippen LogP contribution in [0.25, 0.3) is 0 Å². The van der Waals surface area contributed by atoms with Crippen LogP contribution < -0.4 is 0 Å². The number of carbonyl (C=O) groups excluding carboxylic acids is 2. The van der Waals surface area contributed by atoms with E-state index in [9.17, 15) is 9.59 Å². The van der Waals surface area contributed by atoms with Crippen molar-refractivity contribution in [3.05, 3.63) is 24.3 Å². The number of Topliss-reactive ketones (excluding diaryl/α,β-unsaturated/α-hetero) is 2. The van der Waals surface area contributed by atoms with Gasteiger partial charge in [-0.15, -0.1) is 0 Å². The fourth-order valence-corrected chi connectivity index (χ4v) is 4.26. The third-order valence-electron chi connectivity index (χ3n) is 4.79. The first-order valence-corrected chi connectivity index (χ1v) is 5.72. The Morgan fingerprint density at radius 1 is 0.800 bits per heavy atom. The molecule has 2 nitrogen and oxygen atoms in total. The van der Waals surface area contributed by atoms with E-state index in [4.69, 9.17) is 0 Å². The molecule has 0 aromatic carbocycles. The lowest BCUT2D eigenvalue weighted by molar-refractivity contribution is -0.147. The molecule has 0 unspecified atom stereocenters. The summed E-state index contributed by atoms with van der Waals surface area (Å²) in [5.41, 5.74) is 0. The first kappa shape index (κ1) is 8.03. The van der Waals surface area contributed by atoms with Gasteiger partial charge < -0.3 is 0 Å². The minimum Gasteiger partial charge on any atom is -0.290 e. The standard InChI is InChI=1S/C13H12O2/c14-12-8-3-4-9(13(12)15)11-7-2-1-6(5-7)10(8)11/h1-4,6-11H,5H2/t6-,7+,8-,9+,10-,11+. The maximum Gasteiger partial charge on any atom is 0.206 e. The van der Waals surface area contributed by atoms with E-state index in [1.165, 1.54) is 6.42 Å². The van der Waals surface area contributed by atoms with Crippen molar-refractivity contribution in [2.24, 2.45) is 35.5 Å². The molecular weight excluding hydrogens is 188 g/mol. The highest BCUT2D eigenvalue weighted by Gasteiger charge is 2.59. The van der Waals surface area contributed by atoms with Crippen molar-refractivity contribution in [3.63, 3.8) is 0 Å². The van der Waals surface area contributed by atoms with Gasteiger partial charge in [-0.1, -0.05) is 24.3 Å². The van der Waals surface area contributed by atoms with E-state index in [1.54, 1.807) is 0 Å². The maximum atomic E-state index is 11.8. The zero-order valence-electron chi connectivity index (χ0n) is 8.30. The van der Waals surface area contributed by atoms with Crippen LogP contribution in [0.3, 0.4) is 0 Å². The third kappa shape index (κ3) is 0.747. The maximum absolute atomic E-state index is 11.8. The second-order valence-corrected chi connectivity index (χ2v) is 5.27. The summed E-state index contributed by atoms with van der Waals surface area (Å²) in [5, 5.41) is 0. The number of carbonyl (C=O) groups is 2. The summed E-state index contributed by atoms with van der Waals surface area (Å²) in [6.45, 7) is 0. The smallest absolute Gasteiger partial charge is 0.206 e. The topological polar surface area (TPSA) is 34.1 Å². The minimum absolute atomic E-state index is 0.0903. The molecule has 2 heteroatoms. The summed E-state index contributed by atoms with van der Waals surface area (Å²) < 4.78 is 0. The van der Waals surface area contributed by atoms with Crippen molar-refractivity contribution in [1.29, 1.82) is 0 Å². The molecule has 15 heavy (non-hydrogen) atoms. The Morgan fingerprint density at radius 2 is 1.27 bits per heavy atom. The Hall–Kier alpha value is -1.18. The molecule has 2 fully saturated rings. The Labute approximate surface area is 88.0 Å². The summed E-state index contributed by atoms with van der Waals surface area (Å²) in [7, 11) is 0. The predicted octanol–water partition coefficient (Wildman–Crippen LogP) is 1.38. The molecule has 0 saturated heterocycles. The third-order valence-corrected chi connectivity index (χ3v) is 4.79. The molecule has 0 N–H and O–H groups in total. The number of ketones is 2. The van der Waals surface area contributed by atoms with Gasteiger partial charge in [0.05, 0.1) is 0 Å². The number of rotatable bonds is 0. The first-order valence-electron chi connectivity index (χ1n) is 5.72. The molecule has 6 atom stereocenters. The van der Waals surface area contributed by atoms with Crippen LogP contribution in [0.15, 0.2) is 24.3 Å². The van der Waals surface area contributed by atoms with Gasteiger partial charge >= 0.3 is 0 Å². The molecular formula is C13H12O2. The van der Waals surface area contributed by atoms with Crippen molar-refractivity contribution in [2.75, 3.05) is 0 Å². The van der Waals surface area contributed by atoms with Crippen molar-refractivity contribution in [3.8, 4) is 0 Å². The number of hydrogen-bond donors (Lipinski definition) is 0. The molecule has 0 heterocycles. The van der Waals surface area contributed by atoms with Crippen LogP contribution in [-0.4, -0.2) is 11.6 Å². The van der Waals surface area contributed by atoms with E-state index in [2.05, 4.69) is 12.2 Å². The van der Waals surface area contributed by atoms with Crippen LogP contribution in [0.4, 0.5) is 0 Å². The van der Waals surface area contributed by atoms with Crippen LogP contribution in [0, 0.1) is 35.5 Å². The molecule has 5 rings (SSSR count). The van der Waals surface area contributed by atoms with Crippen molar-refractivity contribution < 1.29 is 9.59 Å². The highest BCUT2D eigenvalue weighted by molar-refractivity contribution is 6.41. The molecule has 0 radical (unpaired) electrons. The molecule has 0 aromatic heterocycles. The monoisotopic (exact) mass is 200 g/mol. The summed E-state index contributed by atoms with van der Waals surface area (Å²) in [6.07, 6.45) is 9.68. The van der Waals surface area contributed by atoms with E-state index in [0.717, 1.165) is 0 Å². The highest BCUT2D eigenvalue weighted by Crippen LogP contribution is 2.58. The normalized spacial score (nSPS) is 54.1. The first-order chi connectivity index (χ1) is 7.27. The summed E-state index contributed by atoms with van der Waals surface area (Å²) in [5.74, 6) is 1.60. The Balaban J connectivity index is 1.89. The zero-order chi connectivity index (χ0) is 10.2. The van der Waals surface area contributed by atoms with Gasteiger partial charge in [0.25, 0.3) is 0 Å². The largest absolute Gasteiger partial charge is 0.290 e. The van der Waals surface area contributed by atoms with Crippen molar-refractivity contribution in [2.45, 2.75) is 6.42 Å². The van der Waals surface area contributed by atoms with Gasteiger partial charge in [-0.05, 0) is 30.1 Å². The molecule has 0 amide bonds. The molecule has 5 aliphatic rings. The van der Waals surface area contributed by atoms with Gasteiger partial charge in [0.1, 0.15) is 0 Å². The van der Waals surface area contributed by atoms with Crippen LogP contribution in [0.5, 0.6) is 0 Å². The summed E-state index contributed by atoms with van der Waals surface area (Å²) >= 11 is 0. The van der Waals surface area contributed by atoms with Gasteiger partial charge in [-0.3, -0.25) is 9.59 Å². The van der Waals surface area contributed by atoms with E-state index >= 15 is 0 Å². The minimum atomic E-state index is -0.121. The van der Waals surface area contributed by atoms with E-state index in [0.29, 0.717) is 23.7 Å². The van der Waals surface area contributed by atoms with Crippen LogP contribution in [0.1, 0.15) is 6.42 Å². The molecule has 0 spiro atoms. The van der Waals surface area contributed by atoms with Gasteiger partial charge in [0.15, 0.2) is 0 Å². The molecule has 5 aliphatic carbocycles. The number of allylic oxidation sites excluding steroid dienone is 4. The summed E-state index contributed by atoms with van der Waals surface area (Å²) in [4.78, 5) is 23.6. The molecule has 76 valence electrons. The predicted molar refractivity (Wildman–Crippen MR) is 53.9 cm³/mol. The van der Waals surface area contributed by atoms with Crippen molar-refractivity contribution >= 4 is 11.6 Å². The lowest BCUT2D eigenvalue weighted by atomic mass is 9.58. The average molecular weight is 200 g/mol. The Bertz CT molecular complexity index is 394. The molecule has 0 aliphatic heterocycles. The Morgan fingerprint density at radius 3 is 1.73 bits per heavy atom. The van der Waals surface area contributed by atoms with E-state index in [1.807, 2.05) is 12.2 Å². The van der Waals surface area contributed by atoms with Gasteiger partial charge in [0.2, 0.25) is 11.6 Å². The summed E-state index contributed by atoms with van der Waals surface area (Å²) in [6, 6.07) is 0. The van der Waals surface area contributed by atoms with E-state index in [-0.39, 0.29) is 23.4 Å². The van der Waals surface area contributed by atoms with Gasteiger partial charge in [-0.25, -0.2) is 0 Å². The molecule has 0 aromatic rings. The zero-order valence-corrected chi connectivity index (χ0v) is 8.30. The average Bonchev–Trinajstić information content (AvgIpc) is 2.85. The fourth-order valence-electron chi connectivity index (χ4n) is 4.26.